The normalized spacial score (nSPS) is 22.8. The molecule has 1 aromatic rings. The van der Waals surface area contributed by atoms with Gasteiger partial charge >= 0.3 is 0 Å². The molecule has 3 heteroatoms. The summed E-state index contributed by atoms with van der Waals surface area (Å²) in [5.74, 6) is 0.632. The van der Waals surface area contributed by atoms with Crippen molar-refractivity contribution in [2.24, 2.45) is 11.7 Å². The highest BCUT2D eigenvalue weighted by molar-refractivity contribution is 5.37. The fourth-order valence-corrected chi connectivity index (χ4v) is 3.37. The van der Waals surface area contributed by atoms with Crippen molar-refractivity contribution in [3.63, 3.8) is 0 Å². The minimum Gasteiger partial charge on any atom is -0.330 e. The quantitative estimate of drug-likeness (QED) is 0.916. The summed E-state index contributed by atoms with van der Waals surface area (Å²) in [6.07, 6.45) is 5.16. The molecular weight excluding hydrogens is 246 g/mol. The first-order valence-corrected chi connectivity index (χ1v) is 7.55. The fraction of sp³-hybridized carbons (Fsp3) is 0.588. The molecule has 3 nitrogen and oxygen atoms in total. The molecule has 2 atom stereocenters. The second-order valence-electron chi connectivity index (χ2n) is 6.02. The van der Waals surface area contributed by atoms with Gasteiger partial charge in [-0.15, -0.1) is 0 Å². The van der Waals surface area contributed by atoms with Crippen LogP contribution in [-0.4, -0.2) is 24.5 Å². The van der Waals surface area contributed by atoms with Crippen LogP contribution in [0.25, 0.3) is 0 Å². The van der Waals surface area contributed by atoms with Crippen LogP contribution >= 0.6 is 0 Å². The first-order chi connectivity index (χ1) is 9.65. The first kappa shape index (κ1) is 15.0. The van der Waals surface area contributed by atoms with Crippen LogP contribution in [0.1, 0.15) is 42.4 Å². The first-order valence-electron chi connectivity index (χ1n) is 7.55. The molecule has 2 rings (SSSR count). The molecule has 1 fully saturated rings. The standard InChI is InChI=1S/C17H25N3/c1-13-9-14(10-18)7-8-16(13)12-20(2)17-6-4-3-5-15(17)11-19/h7-9,15,17H,3-6,11-12,19H2,1-2H3. The second-order valence-corrected chi connectivity index (χ2v) is 6.02. The monoisotopic (exact) mass is 271 g/mol. The zero-order chi connectivity index (χ0) is 14.5. The predicted octanol–water partition coefficient (Wildman–Crippen LogP) is 2.82. The Hall–Kier alpha value is -1.37. The summed E-state index contributed by atoms with van der Waals surface area (Å²) in [5, 5.41) is 8.93. The Balaban J connectivity index is 2.07. The van der Waals surface area contributed by atoms with Crippen LogP contribution in [0.15, 0.2) is 18.2 Å². The van der Waals surface area contributed by atoms with Gasteiger partial charge in [0.15, 0.2) is 0 Å². The van der Waals surface area contributed by atoms with Crippen molar-refractivity contribution in [2.45, 2.75) is 45.2 Å². The second kappa shape index (κ2) is 6.88. The van der Waals surface area contributed by atoms with E-state index in [0.717, 1.165) is 18.7 Å². The van der Waals surface area contributed by atoms with Gasteiger partial charge in [-0.1, -0.05) is 18.9 Å². The van der Waals surface area contributed by atoms with Crippen LogP contribution in [-0.2, 0) is 6.54 Å². The lowest BCUT2D eigenvalue weighted by Gasteiger charge is -2.37. The Morgan fingerprint density at radius 1 is 1.35 bits per heavy atom. The van der Waals surface area contributed by atoms with Gasteiger partial charge < -0.3 is 5.73 Å². The van der Waals surface area contributed by atoms with Gasteiger partial charge in [0.2, 0.25) is 0 Å². The van der Waals surface area contributed by atoms with Crippen LogP contribution in [0.5, 0.6) is 0 Å². The van der Waals surface area contributed by atoms with Gasteiger partial charge in [-0.2, -0.15) is 5.26 Å². The molecule has 1 saturated carbocycles. The van der Waals surface area contributed by atoms with E-state index in [9.17, 15) is 0 Å². The highest BCUT2D eigenvalue weighted by Gasteiger charge is 2.27. The zero-order valence-corrected chi connectivity index (χ0v) is 12.6. The topological polar surface area (TPSA) is 53.0 Å². The van der Waals surface area contributed by atoms with E-state index in [1.165, 1.54) is 36.8 Å². The van der Waals surface area contributed by atoms with Crippen molar-refractivity contribution in [1.29, 1.82) is 5.26 Å². The number of hydrogen-bond donors (Lipinski definition) is 1. The minimum absolute atomic E-state index is 0.601. The van der Waals surface area contributed by atoms with Gasteiger partial charge in [0, 0.05) is 12.6 Å². The lowest BCUT2D eigenvalue weighted by atomic mass is 9.83. The van der Waals surface area contributed by atoms with E-state index in [2.05, 4.69) is 31.0 Å². The molecule has 108 valence electrons. The molecule has 2 unspecified atom stereocenters. The molecule has 1 aliphatic rings. The number of hydrogen-bond acceptors (Lipinski definition) is 3. The third-order valence-electron chi connectivity index (χ3n) is 4.63. The van der Waals surface area contributed by atoms with E-state index < -0.39 is 0 Å². The van der Waals surface area contributed by atoms with Gasteiger partial charge in [-0.25, -0.2) is 0 Å². The summed E-state index contributed by atoms with van der Waals surface area (Å²) in [7, 11) is 2.20. The van der Waals surface area contributed by atoms with E-state index in [0.29, 0.717) is 12.0 Å². The third kappa shape index (κ3) is 3.39. The van der Waals surface area contributed by atoms with Crippen LogP contribution in [0.4, 0.5) is 0 Å². The van der Waals surface area contributed by atoms with Gasteiger partial charge in [-0.05, 0) is 62.5 Å². The lowest BCUT2D eigenvalue weighted by molar-refractivity contribution is 0.127. The van der Waals surface area contributed by atoms with Gasteiger partial charge in [0.05, 0.1) is 11.6 Å². The average Bonchev–Trinajstić information content (AvgIpc) is 2.49. The van der Waals surface area contributed by atoms with E-state index >= 15 is 0 Å². The Bertz CT molecular complexity index is 489. The van der Waals surface area contributed by atoms with Gasteiger partial charge in [-0.3, -0.25) is 4.90 Å². The summed E-state index contributed by atoms with van der Waals surface area (Å²) in [5.41, 5.74) is 9.19. The minimum atomic E-state index is 0.601. The number of nitriles is 1. The fourth-order valence-electron chi connectivity index (χ4n) is 3.37. The summed E-state index contributed by atoms with van der Waals surface area (Å²) in [6, 6.07) is 8.78. The molecule has 0 spiro atoms. The van der Waals surface area contributed by atoms with Crippen LogP contribution < -0.4 is 5.73 Å². The van der Waals surface area contributed by atoms with Crippen molar-refractivity contribution < 1.29 is 0 Å². The summed E-state index contributed by atoms with van der Waals surface area (Å²) in [4.78, 5) is 2.45. The zero-order valence-electron chi connectivity index (χ0n) is 12.6. The largest absolute Gasteiger partial charge is 0.330 e. The maximum absolute atomic E-state index is 8.93. The maximum atomic E-state index is 8.93. The Morgan fingerprint density at radius 3 is 2.75 bits per heavy atom. The number of nitrogens with zero attached hydrogens (tertiary/aromatic N) is 2. The van der Waals surface area contributed by atoms with Crippen molar-refractivity contribution in [3.05, 3.63) is 34.9 Å². The predicted molar refractivity (Wildman–Crippen MR) is 82.2 cm³/mol. The highest BCUT2D eigenvalue weighted by Crippen LogP contribution is 2.28. The number of benzene rings is 1. The molecule has 0 aromatic heterocycles. The van der Waals surface area contributed by atoms with Crippen molar-refractivity contribution >= 4 is 0 Å². The highest BCUT2D eigenvalue weighted by atomic mass is 15.1. The van der Waals surface area contributed by atoms with Gasteiger partial charge in [0.1, 0.15) is 0 Å². The number of aryl methyl sites for hydroxylation is 1. The summed E-state index contributed by atoms with van der Waals surface area (Å²) >= 11 is 0. The number of nitrogens with two attached hydrogens (primary N) is 1. The van der Waals surface area contributed by atoms with E-state index in [1.54, 1.807) is 0 Å². The van der Waals surface area contributed by atoms with E-state index in [4.69, 9.17) is 11.0 Å². The molecule has 0 amide bonds. The lowest BCUT2D eigenvalue weighted by Crippen LogP contribution is -2.42. The molecular formula is C17H25N3. The van der Waals surface area contributed by atoms with Crippen molar-refractivity contribution in [2.75, 3.05) is 13.6 Å². The molecule has 20 heavy (non-hydrogen) atoms. The van der Waals surface area contributed by atoms with Crippen molar-refractivity contribution in [1.82, 2.24) is 4.90 Å². The van der Waals surface area contributed by atoms with Gasteiger partial charge in [0.25, 0.3) is 0 Å². The molecule has 0 heterocycles. The van der Waals surface area contributed by atoms with E-state index in [1.807, 2.05) is 12.1 Å². The molecule has 0 aliphatic heterocycles. The van der Waals surface area contributed by atoms with Crippen LogP contribution in [0.2, 0.25) is 0 Å². The SMILES string of the molecule is Cc1cc(C#N)ccc1CN(C)C1CCCCC1CN. The smallest absolute Gasteiger partial charge is 0.0991 e. The van der Waals surface area contributed by atoms with Crippen molar-refractivity contribution in [3.8, 4) is 6.07 Å². The van der Waals surface area contributed by atoms with Crippen LogP contribution in [0.3, 0.4) is 0 Å². The number of rotatable bonds is 4. The van der Waals surface area contributed by atoms with Crippen LogP contribution in [0, 0.1) is 24.2 Å². The molecule has 2 N–H and O–H groups in total. The molecule has 1 aliphatic carbocycles. The van der Waals surface area contributed by atoms with E-state index in [-0.39, 0.29) is 0 Å². The summed E-state index contributed by atoms with van der Waals surface area (Å²) in [6.45, 7) is 3.82. The Morgan fingerprint density at radius 2 is 2.10 bits per heavy atom. The molecule has 0 bridgehead atoms. The third-order valence-corrected chi connectivity index (χ3v) is 4.63. The Kier molecular flexibility index (Phi) is 5.17. The molecule has 0 radical (unpaired) electrons. The molecule has 1 aromatic carbocycles. The molecule has 0 saturated heterocycles. The summed E-state index contributed by atoms with van der Waals surface area (Å²) < 4.78 is 0. The Labute approximate surface area is 122 Å². The maximum Gasteiger partial charge on any atom is 0.0991 e. The average molecular weight is 271 g/mol.